The smallest absolute Gasteiger partial charge is 0.152 e. The highest BCUT2D eigenvalue weighted by molar-refractivity contribution is 7.52. The Kier molecular flexibility index (Phi) is 2.84. The first-order chi connectivity index (χ1) is 1.73. The zero-order chi connectivity index (χ0) is 3.58. The number of hydrogen-bond acceptors (Lipinski definition) is 0. The highest BCUT2D eigenvalue weighted by Crippen LogP contribution is 1.83. The van der Waals surface area contributed by atoms with Gasteiger partial charge in [0, 0.05) is 0 Å². The first-order valence-corrected chi connectivity index (χ1v) is 5.65. The molecule has 0 saturated carbocycles. The molecule has 0 bridgehead atoms. The van der Waals surface area contributed by atoms with Gasteiger partial charge in [0.1, 0.15) is 0 Å². The Balaban J connectivity index is 2.32. The average Bonchev–Trinajstić information content (AvgIpc) is 0.811. The Hall–Kier alpha value is 1.01. The van der Waals surface area contributed by atoms with Crippen LogP contribution in [0, 0.1) is 0 Å². The van der Waals surface area contributed by atoms with Crippen LogP contribution in [0.1, 0.15) is 0 Å². The van der Waals surface area contributed by atoms with E-state index in [1.165, 1.54) is 0 Å². The van der Waals surface area contributed by atoms with Crippen LogP contribution in [0.5, 0.6) is 0 Å². The summed E-state index contributed by atoms with van der Waals surface area (Å²) in [5, 5.41) is 0. The van der Waals surface area contributed by atoms with E-state index in [2.05, 4.69) is 9.76 Å². The molecule has 0 N–H and O–H groups in total. The van der Waals surface area contributed by atoms with Crippen LogP contribution < -0.4 is 0 Å². The molecule has 0 atom stereocenters. The number of hydrogen-bond donors (Lipinski definition) is 0. The van der Waals surface area contributed by atoms with Crippen molar-refractivity contribution in [3.8, 4) is 0 Å². The fourth-order valence-electron chi connectivity index (χ4n) is 0. The standard InChI is InChI=1S/Cl2Si2/c1-4(2)3. The van der Waals surface area contributed by atoms with Gasteiger partial charge in [-0.05, 0) is 0 Å². The Bertz CT molecular complexity index is 8.75. The molecule has 4 heteroatoms. The molecule has 0 aromatic carbocycles. The third kappa shape index (κ3) is 11.9. The lowest BCUT2D eigenvalue weighted by Gasteiger charge is -1.66. The van der Waals surface area contributed by atoms with Crippen LogP contribution in [0.3, 0.4) is 0 Å². The molecule has 0 aromatic rings. The topological polar surface area (TPSA) is 0 Å². The molecule has 0 fully saturated rings. The molecule has 4 radical (unpaired) electrons. The molecule has 0 aliphatic rings. The van der Waals surface area contributed by atoms with Crippen LogP contribution in [-0.4, -0.2) is 16.7 Å². The van der Waals surface area contributed by atoms with Gasteiger partial charge in [0.2, 0.25) is 6.93 Å². The second kappa shape index (κ2) is 2.26. The molecule has 0 amide bonds. The lowest BCUT2D eigenvalue weighted by Crippen LogP contribution is -1.85. The summed E-state index contributed by atoms with van der Waals surface area (Å²) < 4.78 is 0. The van der Waals surface area contributed by atoms with Gasteiger partial charge in [-0.2, -0.15) is 22.2 Å². The first-order valence-electron chi connectivity index (χ1n) is 0.628. The monoisotopic (exact) mass is 126 g/mol. The number of halogens is 2. The summed E-state index contributed by atoms with van der Waals surface area (Å²) in [6.45, 7) is -1.13. The van der Waals surface area contributed by atoms with Gasteiger partial charge < -0.3 is 0 Å². The highest BCUT2D eigenvalue weighted by atomic mass is 35.7. The van der Waals surface area contributed by atoms with Crippen molar-refractivity contribution in [2.75, 3.05) is 0 Å². The molecule has 0 unspecified atom stereocenters. The maximum atomic E-state index is 5.06. The molecule has 0 aromatic heterocycles. The van der Waals surface area contributed by atoms with Crippen LogP contribution >= 0.6 is 22.2 Å². The van der Waals surface area contributed by atoms with Gasteiger partial charge in [0.15, 0.2) is 0 Å². The first kappa shape index (κ1) is 5.01. The largest absolute Gasteiger partial charge is 0.249 e. The van der Waals surface area contributed by atoms with Crippen molar-refractivity contribution >= 4 is 38.9 Å². The molecule has 0 aliphatic carbocycles. The highest BCUT2D eigenvalue weighted by Gasteiger charge is 1.83. The summed E-state index contributed by atoms with van der Waals surface area (Å²) in [4.78, 5) is 0. The van der Waals surface area contributed by atoms with Crippen molar-refractivity contribution in [3.05, 3.63) is 0 Å². The SMILES string of the molecule is [Si][Si](Cl)Cl. The van der Waals surface area contributed by atoms with Crippen molar-refractivity contribution in [1.82, 2.24) is 0 Å². The predicted octanol–water partition coefficient (Wildman–Crippen LogP) is 0.617. The lowest BCUT2D eigenvalue weighted by atomic mass is 27.0. The summed E-state index contributed by atoms with van der Waals surface area (Å²) in [6.07, 6.45) is 0. The van der Waals surface area contributed by atoms with Gasteiger partial charge in [-0.3, -0.25) is 0 Å². The fraction of sp³-hybridized carbons (Fsp3) is 0. The Morgan fingerprint density at radius 3 is 1.50 bits per heavy atom. The molecule has 0 nitrogen and oxygen atoms in total. The van der Waals surface area contributed by atoms with E-state index in [9.17, 15) is 0 Å². The minimum absolute atomic E-state index is 1.13. The predicted molar refractivity (Wildman–Crippen MR) is 23.2 cm³/mol. The van der Waals surface area contributed by atoms with Crippen molar-refractivity contribution < 1.29 is 0 Å². The number of rotatable bonds is 0. The third-order valence-corrected chi connectivity index (χ3v) is 0. The van der Waals surface area contributed by atoms with E-state index >= 15 is 0 Å². The maximum Gasteiger partial charge on any atom is 0.249 e. The Morgan fingerprint density at radius 1 is 1.50 bits per heavy atom. The summed E-state index contributed by atoms with van der Waals surface area (Å²) in [7, 11) is 2.94. The molecule has 0 spiro atoms. The van der Waals surface area contributed by atoms with E-state index in [4.69, 9.17) is 22.2 Å². The van der Waals surface area contributed by atoms with E-state index in [-0.39, 0.29) is 0 Å². The average molecular weight is 127 g/mol. The van der Waals surface area contributed by atoms with Crippen molar-refractivity contribution in [2.45, 2.75) is 0 Å². The zero-order valence-electron chi connectivity index (χ0n) is 1.76. The van der Waals surface area contributed by atoms with E-state index in [1.807, 2.05) is 0 Å². The van der Waals surface area contributed by atoms with E-state index in [0.717, 1.165) is 0 Å². The molecule has 4 heavy (non-hydrogen) atoms. The van der Waals surface area contributed by atoms with Crippen LogP contribution in [0.2, 0.25) is 0 Å². The fourth-order valence-corrected chi connectivity index (χ4v) is 0. The molecule has 0 aliphatic heterocycles. The lowest BCUT2D eigenvalue weighted by molar-refractivity contribution is 4.05. The minimum atomic E-state index is -1.13. The van der Waals surface area contributed by atoms with Crippen LogP contribution in [0.25, 0.3) is 0 Å². The summed E-state index contributed by atoms with van der Waals surface area (Å²) in [6, 6.07) is 0. The summed E-state index contributed by atoms with van der Waals surface area (Å²) in [5.41, 5.74) is 0. The van der Waals surface area contributed by atoms with Gasteiger partial charge in [-0.15, -0.1) is 0 Å². The van der Waals surface area contributed by atoms with E-state index in [1.54, 1.807) is 0 Å². The second-order valence-corrected chi connectivity index (χ2v) is 7.03. The molecule has 22 valence electrons. The van der Waals surface area contributed by atoms with Crippen LogP contribution in [0.4, 0.5) is 0 Å². The minimum Gasteiger partial charge on any atom is -0.152 e. The Morgan fingerprint density at radius 2 is 1.50 bits per heavy atom. The maximum absolute atomic E-state index is 5.06. The molecule has 0 rings (SSSR count). The molecular formula is Cl2Si2. The summed E-state index contributed by atoms with van der Waals surface area (Å²) >= 11 is 10.1. The van der Waals surface area contributed by atoms with Crippen molar-refractivity contribution in [2.24, 2.45) is 0 Å². The zero-order valence-corrected chi connectivity index (χ0v) is 5.27. The van der Waals surface area contributed by atoms with Crippen LogP contribution in [0.15, 0.2) is 0 Å². The summed E-state index contributed by atoms with van der Waals surface area (Å²) in [5.74, 6) is 0. The van der Waals surface area contributed by atoms with Crippen molar-refractivity contribution in [1.29, 1.82) is 0 Å². The molecular weight excluding hydrogens is 127 g/mol. The van der Waals surface area contributed by atoms with E-state index < -0.39 is 6.93 Å². The quantitative estimate of drug-likeness (QED) is 0.330. The van der Waals surface area contributed by atoms with Crippen LogP contribution in [-0.2, 0) is 0 Å². The molecule has 0 heterocycles. The van der Waals surface area contributed by atoms with Gasteiger partial charge in [-0.25, -0.2) is 0 Å². The van der Waals surface area contributed by atoms with Crippen molar-refractivity contribution in [3.63, 3.8) is 0 Å². The third-order valence-electron chi connectivity index (χ3n) is 0. The molecule has 0 saturated heterocycles. The second-order valence-electron chi connectivity index (χ2n) is 0.260. The Labute approximate surface area is 39.3 Å². The van der Waals surface area contributed by atoms with Gasteiger partial charge in [-0.1, -0.05) is 0 Å². The van der Waals surface area contributed by atoms with Gasteiger partial charge >= 0.3 is 0 Å². The normalized spacial score (nSPS) is 9.00. The van der Waals surface area contributed by atoms with Gasteiger partial charge in [0.05, 0.1) is 9.76 Å². The van der Waals surface area contributed by atoms with E-state index in [0.29, 0.717) is 0 Å². The van der Waals surface area contributed by atoms with Gasteiger partial charge in [0.25, 0.3) is 0 Å².